The fourth-order valence-corrected chi connectivity index (χ4v) is 8.84. The molecule has 10 heteroatoms. The summed E-state index contributed by atoms with van der Waals surface area (Å²) in [5, 5.41) is 0. The van der Waals surface area contributed by atoms with E-state index in [9.17, 15) is 9.59 Å². The molecule has 2 aromatic rings. The molecule has 8 rings (SSSR count). The quantitative estimate of drug-likeness (QED) is 0.516. The smallest absolute Gasteiger partial charge is 0.320 e. The van der Waals surface area contributed by atoms with Crippen molar-refractivity contribution in [2.45, 2.75) is 50.1 Å². The summed E-state index contributed by atoms with van der Waals surface area (Å²) in [6.45, 7) is 6.79. The molecule has 0 spiro atoms. The van der Waals surface area contributed by atoms with E-state index < -0.39 is 45.2 Å². The molecule has 2 aromatic carbocycles. The van der Waals surface area contributed by atoms with Crippen LogP contribution in [-0.4, -0.2) is 48.6 Å². The molecule has 0 saturated carbocycles. The van der Waals surface area contributed by atoms with Crippen molar-refractivity contribution in [1.82, 2.24) is 0 Å². The topological polar surface area (TPSA) is 108 Å². The van der Waals surface area contributed by atoms with Crippen molar-refractivity contribution in [1.29, 1.82) is 0 Å². The van der Waals surface area contributed by atoms with Gasteiger partial charge in [-0.25, -0.2) is 0 Å². The van der Waals surface area contributed by atoms with E-state index in [4.69, 9.17) is 37.9 Å². The summed E-state index contributed by atoms with van der Waals surface area (Å²) in [6.07, 6.45) is 0. The van der Waals surface area contributed by atoms with E-state index in [0.29, 0.717) is 23.0 Å². The van der Waals surface area contributed by atoms with Gasteiger partial charge in [-0.15, -0.1) is 0 Å². The van der Waals surface area contributed by atoms with Crippen LogP contribution in [0.25, 0.3) is 0 Å². The summed E-state index contributed by atoms with van der Waals surface area (Å²) in [4.78, 5) is 29.1. The van der Waals surface area contributed by atoms with Crippen molar-refractivity contribution in [3.8, 4) is 23.0 Å². The summed E-state index contributed by atoms with van der Waals surface area (Å²) in [5.41, 5.74) is -10.4. The van der Waals surface area contributed by atoms with Crippen LogP contribution in [0, 0.1) is 10.8 Å². The first-order chi connectivity index (χ1) is 19.0. The van der Waals surface area contributed by atoms with Crippen LogP contribution in [0.5, 0.6) is 23.0 Å². The predicted octanol–water partition coefficient (Wildman–Crippen LogP) is 3.79. The van der Waals surface area contributed by atoms with Gasteiger partial charge in [0.2, 0.25) is 0 Å². The maximum atomic E-state index is 14.5. The lowest BCUT2D eigenvalue weighted by Crippen LogP contribution is -2.76. The average Bonchev–Trinajstić information content (AvgIpc) is 3.50. The van der Waals surface area contributed by atoms with Crippen LogP contribution >= 0.6 is 0 Å². The van der Waals surface area contributed by atoms with E-state index in [-0.39, 0.29) is 23.0 Å². The Labute approximate surface area is 229 Å². The van der Waals surface area contributed by atoms with Gasteiger partial charge in [-0.05, 0) is 52.0 Å². The Morgan fingerprint density at radius 3 is 1.00 bits per heavy atom. The van der Waals surface area contributed by atoms with Crippen LogP contribution in [0.3, 0.4) is 0 Å². The molecule has 6 heterocycles. The highest BCUT2D eigenvalue weighted by Crippen LogP contribution is 2.87. The van der Waals surface area contributed by atoms with Crippen LogP contribution in [0.2, 0.25) is 0 Å². The molecule has 4 atom stereocenters. The minimum Gasteiger partial charge on any atom is -0.468 e. The lowest BCUT2D eigenvalue weighted by molar-refractivity contribution is -0.192. The summed E-state index contributed by atoms with van der Waals surface area (Å²) in [7, 11) is 2.53. The number of rotatable bonds is 2. The Kier molecular flexibility index (Phi) is 3.96. The molecule has 2 saturated heterocycles. The zero-order chi connectivity index (χ0) is 28.1. The molecular formula is C30H26O10. The monoisotopic (exact) mass is 546 g/mol. The average molecular weight is 547 g/mol. The molecule has 0 N–H and O–H groups in total. The molecule has 0 aliphatic carbocycles. The molecule has 6 aliphatic rings. The third-order valence-electron chi connectivity index (χ3n) is 9.92. The van der Waals surface area contributed by atoms with E-state index in [1.165, 1.54) is 14.2 Å². The predicted molar refractivity (Wildman–Crippen MR) is 134 cm³/mol. The minimum absolute atomic E-state index is 0.249. The maximum Gasteiger partial charge on any atom is 0.320 e. The second-order valence-corrected chi connectivity index (χ2v) is 11.4. The highest BCUT2D eigenvalue weighted by atomic mass is 16.7. The molecule has 4 bridgehead atoms. The molecule has 0 radical (unpaired) electrons. The molecule has 6 aliphatic heterocycles. The normalized spacial score (nSPS) is 40.5. The number of carbonyl (C=O) groups excluding carboxylic acids is 2. The van der Waals surface area contributed by atoms with Gasteiger partial charge in [-0.3, -0.25) is 9.59 Å². The number of methoxy groups -OCH3 is 2. The van der Waals surface area contributed by atoms with Crippen molar-refractivity contribution in [2.24, 2.45) is 10.8 Å². The number of para-hydroxylation sites is 4. The van der Waals surface area contributed by atoms with E-state index in [2.05, 4.69) is 0 Å². The molecule has 0 aromatic heterocycles. The number of esters is 2. The van der Waals surface area contributed by atoms with Crippen molar-refractivity contribution in [3.05, 3.63) is 71.6 Å². The summed E-state index contributed by atoms with van der Waals surface area (Å²) in [5.74, 6) is 1.26. The van der Waals surface area contributed by atoms with Crippen LogP contribution in [0.4, 0.5) is 0 Å². The SMILES string of the molecule is COC(=O)C12C(C(=O)OC)([C@]3(C)O[C@@]1(C)C1=C3Oc3ccccc3O1)[C@]1(C)O[C@@]2(C)C2=C1Oc1ccccc1O2. The number of fused-ring (bicyclic) bond motifs is 15. The van der Waals surface area contributed by atoms with E-state index in [1.54, 1.807) is 52.0 Å². The Morgan fingerprint density at radius 1 is 0.525 bits per heavy atom. The number of ether oxygens (including phenoxy) is 8. The third-order valence-corrected chi connectivity index (χ3v) is 9.92. The van der Waals surface area contributed by atoms with Crippen molar-refractivity contribution in [3.63, 3.8) is 0 Å². The van der Waals surface area contributed by atoms with Crippen LogP contribution < -0.4 is 18.9 Å². The minimum atomic E-state index is -1.92. The molecule has 0 amide bonds. The van der Waals surface area contributed by atoms with Crippen molar-refractivity contribution >= 4 is 11.9 Å². The standard InChI is InChI=1S/C30H26O10/c1-25-19-20(36-16-12-8-7-11-15(16)35-19)27(3,39-25)30(24(32)34-6)28(4)22-21(37-17-13-9-10-14-18(17)38-22)26(2,40-28)29(25,30)23(31)33-5/h7-14H,1-6H3/t25-,26-,27+,28+,29?,30?. The lowest BCUT2D eigenvalue weighted by Gasteiger charge is -2.57. The number of benzene rings is 2. The van der Waals surface area contributed by atoms with Gasteiger partial charge in [0.05, 0.1) is 14.2 Å². The molecule has 10 nitrogen and oxygen atoms in total. The van der Waals surface area contributed by atoms with Gasteiger partial charge in [0, 0.05) is 0 Å². The largest absolute Gasteiger partial charge is 0.468 e. The number of carbonyl (C=O) groups is 2. The van der Waals surface area contributed by atoms with Gasteiger partial charge in [-0.2, -0.15) is 0 Å². The fraction of sp³-hybridized carbons (Fsp3) is 0.400. The first-order valence-electron chi connectivity index (χ1n) is 13.0. The third kappa shape index (κ3) is 1.91. The second-order valence-electron chi connectivity index (χ2n) is 11.4. The Hall–Kier alpha value is -4.02. The number of hydrogen-bond donors (Lipinski definition) is 0. The lowest BCUT2D eigenvalue weighted by atomic mass is 9.39. The van der Waals surface area contributed by atoms with Gasteiger partial charge in [0.25, 0.3) is 0 Å². The number of hydrogen-bond acceptors (Lipinski definition) is 10. The first-order valence-corrected chi connectivity index (χ1v) is 13.0. The zero-order valence-corrected chi connectivity index (χ0v) is 22.7. The maximum absolute atomic E-state index is 14.5. The summed E-state index contributed by atoms with van der Waals surface area (Å²) < 4.78 is 50.7. The van der Waals surface area contributed by atoms with Crippen LogP contribution in [0.1, 0.15) is 27.7 Å². The highest BCUT2D eigenvalue weighted by Gasteiger charge is 3.05. The van der Waals surface area contributed by atoms with Gasteiger partial charge in [0.1, 0.15) is 22.4 Å². The van der Waals surface area contributed by atoms with Crippen molar-refractivity contribution < 1.29 is 47.5 Å². The van der Waals surface area contributed by atoms with E-state index in [0.717, 1.165) is 0 Å². The summed E-state index contributed by atoms with van der Waals surface area (Å²) in [6, 6.07) is 14.3. The fourth-order valence-electron chi connectivity index (χ4n) is 8.84. The summed E-state index contributed by atoms with van der Waals surface area (Å²) >= 11 is 0. The zero-order valence-electron chi connectivity index (χ0n) is 22.7. The highest BCUT2D eigenvalue weighted by molar-refractivity contribution is 5.99. The Bertz CT molecular complexity index is 1440. The first kappa shape index (κ1) is 23.8. The van der Waals surface area contributed by atoms with Gasteiger partial charge >= 0.3 is 11.9 Å². The molecule has 2 fully saturated rings. The van der Waals surface area contributed by atoms with Crippen molar-refractivity contribution in [2.75, 3.05) is 14.2 Å². The molecule has 40 heavy (non-hydrogen) atoms. The van der Waals surface area contributed by atoms with E-state index in [1.807, 2.05) is 24.3 Å². The molecule has 206 valence electrons. The molecular weight excluding hydrogens is 520 g/mol. The molecule has 0 unspecified atom stereocenters. The Balaban J connectivity index is 1.49. The van der Waals surface area contributed by atoms with Gasteiger partial charge in [0.15, 0.2) is 56.9 Å². The van der Waals surface area contributed by atoms with Crippen LogP contribution in [-0.2, 0) is 28.5 Å². The Morgan fingerprint density at radius 2 is 0.775 bits per heavy atom. The van der Waals surface area contributed by atoms with Gasteiger partial charge in [-0.1, -0.05) is 24.3 Å². The van der Waals surface area contributed by atoms with Gasteiger partial charge < -0.3 is 37.9 Å². The second kappa shape index (κ2) is 6.64. The van der Waals surface area contributed by atoms with E-state index >= 15 is 0 Å². The van der Waals surface area contributed by atoms with Crippen LogP contribution in [0.15, 0.2) is 71.6 Å².